The predicted molar refractivity (Wildman–Crippen MR) is 399 cm³/mol. The third kappa shape index (κ3) is 77.0. The van der Waals surface area contributed by atoms with Crippen molar-refractivity contribution >= 4 is 17.9 Å². The maximum Gasteiger partial charge on any atom is 0.306 e. The number of carbonyl (C=O) groups excluding carboxylic acids is 3. The van der Waals surface area contributed by atoms with Crippen molar-refractivity contribution in [3.05, 3.63) is 24.3 Å². The number of carboxylic acids is 1. The van der Waals surface area contributed by atoms with E-state index < -0.39 is 24.3 Å². The smallest absolute Gasteiger partial charge is 0.306 e. The lowest BCUT2D eigenvalue weighted by molar-refractivity contribution is -0.870. The fraction of sp³-hybridized carbons (Fsp3) is 0.917. The Kier molecular flexibility index (Phi) is 73.7. The van der Waals surface area contributed by atoms with E-state index in [-0.39, 0.29) is 32.2 Å². The van der Waals surface area contributed by atoms with Gasteiger partial charge in [0.25, 0.3) is 0 Å². The van der Waals surface area contributed by atoms with E-state index in [4.69, 9.17) is 18.9 Å². The molecule has 550 valence electrons. The zero-order valence-electron chi connectivity index (χ0n) is 63.2. The van der Waals surface area contributed by atoms with Crippen LogP contribution in [0.3, 0.4) is 0 Å². The summed E-state index contributed by atoms with van der Waals surface area (Å²) in [6.07, 6.45) is 93.2. The Balaban J connectivity index is 3.94. The third-order valence-corrected chi connectivity index (χ3v) is 19.2. The van der Waals surface area contributed by atoms with Crippen LogP contribution in [0.5, 0.6) is 0 Å². The number of unbranched alkanes of at least 4 members (excludes halogenated alkanes) is 60. The highest BCUT2D eigenvalue weighted by Gasteiger charge is 2.22. The van der Waals surface area contributed by atoms with Crippen molar-refractivity contribution in [2.75, 3.05) is 47.5 Å². The highest BCUT2D eigenvalue weighted by molar-refractivity contribution is 5.70. The number of nitrogens with zero attached hydrogens (tertiary/aromatic N) is 1. The van der Waals surface area contributed by atoms with Crippen molar-refractivity contribution in [3.8, 4) is 0 Å². The maximum atomic E-state index is 13.0. The van der Waals surface area contributed by atoms with E-state index in [1.54, 1.807) is 0 Å². The van der Waals surface area contributed by atoms with Crippen molar-refractivity contribution in [2.45, 2.75) is 450 Å². The monoisotopic (exact) mass is 1310 g/mol. The summed E-state index contributed by atoms with van der Waals surface area (Å²) in [5.74, 6) is -2.24. The van der Waals surface area contributed by atoms with Gasteiger partial charge in [0, 0.05) is 12.8 Å². The fourth-order valence-corrected chi connectivity index (χ4v) is 12.9. The van der Waals surface area contributed by atoms with Gasteiger partial charge in [-0.15, -0.1) is 0 Å². The molecule has 9 nitrogen and oxygen atoms in total. The Hall–Kier alpha value is -2.23. The molecule has 0 fully saturated rings. The van der Waals surface area contributed by atoms with Crippen LogP contribution in [0.25, 0.3) is 0 Å². The van der Waals surface area contributed by atoms with Crippen molar-refractivity contribution in [2.24, 2.45) is 0 Å². The first-order valence-corrected chi connectivity index (χ1v) is 41.5. The van der Waals surface area contributed by atoms with Gasteiger partial charge in [0.2, 0.25) is 0 Å². The van der Waals surface area contributed by atoms with Crippen molar-refractivity contribution in [3.63, 3.8) is 0 Å². The summed E-state index contributed by atoms with van der Waals surface area (Å²) in [6, 6.07) is 0. The quantitative estimate of drug-likeness (QED) is 0.0195. The highest BCUT2D eigenvalue weighted by Crippen LogP contribution is 2.21. The summed E-state index contributed by atoms with van der Waals surface area (Å²) in [5.41, 5.74) is 0. The van der Waals surface area contributed by atoms with Crippen LogP contribution in [0, 0.1) is 0 Å². The second-order valence-electron chi connectivity index (χ2n) is 29.8. The standard InChI is InChI=1S/C84H161NO8/c1-6-8-10-12-14-16-18-20-22-24-26-28-30-32-34-36-38-40-41-43-44-46-48-50-52-54-56-58-60-62-64-66-68-70-72-74-81(86)91-78-80(79-92-84(83(88)89)90-77-76-85(3,4)5)93-82(87)75-73-71-69-67-65-63-61-59-57-55-53-51-49-47-45-42-39-37-35-33-31-29-27-25-23-21-19-17-15-13-11-9-7-2/h19,21,25,27,80,84H,6-18,20,22-24,26,28-79H2,1-5H3/b21-19-,27-25-. The van der Waals surface area contributed by atoms with Gasteiger partial charge in [0.05, 0.1) is 40.3 Å². The molecular weight excluding hydrogens is 1150 g/mol. The summed E-state index contributed by atoms with van der Waals surface area (Å²) in [4.78, 5) is 37.6. The topological polar surface area (TPSA) is 111 Å². The summed E-state index contributed by atoms with van der Waals surface area (Å²) in [6.45, 7) is 4.83. The Morgan fingerprint density at radius 2 is 0.581 bits per heavy atom. The molecule has 0 aromatic heterocycles. The molecule has 2 unspecified atom stereocenters. The number of hydrogen-bond acceptors (Lipinski definition) is 8. The minimum atomic E-state index is -1.62. The van der Waals surface area contributed by atoms with Gasteiger partial charge in [-0.1, -0.05) is 404 Å². The number of ether oxygens (including phenoxy) is 4. The second kappa shape index (κ2) is 75.5. The molecule has 0 bridgehead atoms. The molecule has 0 amide bonds. The SMILES string of the molecule is CCCCCCC/C=C\C/C=C\CCCCCCCCCCCCCCCCCCCCCCCC(=O)OC(COC(=O)CCCCCCCCCCCCCCCCCCCCCCCCCCCCCCCCCCCCC)COC(OCC[N+](C)(C)C)C(=O)[O-]. The number of rotatable bonds is 79. The molecule has 9 heteroatoms. The average molecular weight is 1310 g/mol. The third-order valence-electron chi connectivity index (χ3n) is 19.2. The highest BCUT2D eigenvalue weighted by atomic mass is 16.7. The molecule has 0 rings (SSSR count). The first-order valence-electron chi connectivity index (χ1n) is 41.5. The van der Waals surface area contributed by atoms with Gasteiger partial charge in [0.1, 0.15) is 13.2 Å². The number of allylic oxidation sites excluding steroid dienone is 4. The molecular formula is C84H161NO8. The number of aliphatic carboxylic acids is 1. The Morgan fingerprint density at radius 1 is 0.323 bits per heavy atom. The van der Waals surface area contributed by atoms with E-state index >= 15 is 0 Å². The van der Waals surface area contributed by atoms with Crippen molar-refractivity contribution in [1.82, 2.24) is 0 Å². The number of carbonyl (C=O) groups is 3. The van der Waals surface area contributed by atoms with E-state index in [1.165, 1.54) is 366 Å². The molecule has 0 saturated carbocycles. The van der Waals surface area contributed by atoms with Crippen LogP contribution in [0.15, 0.2) is 24.3 Å². The second-order valence-corrected chi connectivity index (χ2v) is 29.8. The first-order chi connectivity index (χ1) is 45.6. The largest absolute Gasteiger partial charge is 0.545 e. The average Bonchev–Trinajstić information content (AvgIpc) is 3.74. The zero-order valence-corrected chi connectivity index (χ0v) is 63.2. The van der Waals surface area contributed by atoms with Gasteiger partial charge in [-0.05, 0) is 44.9 Å². The van der Waals surface area contributed by atoms with E-state index in [1.807, 2.05) is 21.1 Å². The summed E-state index contributed by atoms with van der Waals surface area (Å²) < 4.78 is 22.9. The molecule has 0 aliphatic carbocycles. The van der Waals surface area contributed by atoms with Crippen LogP contribution in [0.1, 0.15) is 438 Å². The van der Waals surface area contributed by atoms with Gasteiger partial charge in [-0.25, -0.2) is 0 Å². The number of esters is 2. The molecule has 0 aliphatic heterocycles. The number of hydrogen-bond donors (Lipinski definition) is 0. The molecule has 0 aromatic rings. The summed E-state index contributed by atoms with van der Waals surface area (Å²) in [5, 5.41) is 11.9. The van der Waals surface area contributed by atoms with E-state index in [0.717, 1.165) is 44.9 Å². The van der Waals surface area contributed by atoms with Crippen LogP contribution < -0.4 is 5.11 Å². The minimum Gasteiger partial charge on any atom is -0.545 e. The molecule has 0 heterocycles. The van der Waals surface area contributed by atoms with Gasteiger partial charge in [-0.2, -0.15) is 0 Å². The van der Waals surface area contributed by atoms with Crippen molar-refractivity contribution in [1.29, 1.82) is 0 Å². The lowest BCUT2D eigenvalue weighted by atomic mass is 10.0. The molecule has 0 saturated heterocycles. The van der Waals surface area contributed by atoms with E-state index in [9.17, 15) is 19.5 Å². The van der Waals surface area contributed by atoms with E-state index in [2.05, 4.69) is 38.2 Å². The Morgan fingerprint density at radius 3 is 0.849 bits per heavy atom. The summed E-state index contributed by atoms with van der Waals surface area (Å²) >= 11 is 0. The molecule has 0 radical (unpaired) electrons. The van der Waals surface area contributed by atoms with Crippen LogP contribution in [0.4, 0.5) is 0 Å². The van der Waals surface area contributed by atoms with Crippen LogP contribution in [-0.4, -0.2) is 82.3 Å². The molecule has 0 spiro atoms. The van der Waals surface area contributed by atoms with E-state index in [0.29, 0.717) is 17.4 Å². The zero-order chi connectivity index (χ0) is 67.5. The lowest BCUT2D eigenvalue weighted by Crippen LogP contribution is -2.44. The van der Waals surface area contributed by atoms with Gasteiger partial charge >= 0.3 is 11.9 Å². The summed E-state index contributed by atoms with van der Waals surface area (Å²) in [7, 11) is 5.96. The van der Waals surface area contributed by atoms with Gasteiger partial charge in [0.15, 0.2) is 12.4 Å². The van der Waals surface area contributed by atoms with Crippen molar-refractivity contribution < 1.29 is 42.9 Å². The van der Waals surface area contributed by atoms with Crippen LogP contribution in [-0.2, 0) is 33.3 Å². The first kappa shape index (κ1) is 90.8. The molecule has 0 aromatic carbocycles. The maximum absolute atomic E-state index is 13.0. The van der Waals surface area contributed by atoms with Gasteiger partial charge in [-0.3, -0.25) is 9.59 Å². The Labute approximate surface area is 579 Å². The molecule has 93 heavy (non-hydrogen) atoms. The fourth-order valence-electron chi connectivity index (χ4n) is 12.9. The molecule has 0 N–H and O–H groups in total. The van der Waals surface area contributed by atoms with Gasteiger partial charge < -0.3 is 33.3 Å². The molecule has 2 atom stereocenters. The van der Waals surface area contributed by atoms with Crippen LogP contribution >= 0.6 is 0 Å². The number of likely N-dealkylation sites (N-methyl/N-ethyl adjacent to an activating group) is 1. The number of quaternary nitrogens is 1. The number of carboxylic acid groups (broad SMARTS) is 1. The lowest BCUT2D eigenvalue weighted by Gasteiger charge is -2.26. The minimum absolute atomic E-state index is 0.152. The van der Waals surface area contributed by atoms with Crippen LogP contribution in [0.2, 0.25) is 0 Å². The molecule has 0 aliphatic rings. The predicted octanol–water partition coefficient (Wildman–Crippen LogP) is 25.2. The Bertz CT molecular complexity index is 1580. The normalized spacial score (nSPS) is 12.7.